The van der Waals surface area contributed by atoms with E-state index < -0.39 is 63.5 Å². The zero-order valence-electron chi connectivity index (χ0n) is 17.2. The van der Waals surface area contributed by atoms with Crippen molar-refractivity contribution in [1.29, 1.82) is 0 Å². The van der Waals surface area contributed by atoms with E-state index in [-0.39, 0.29) is 6.42 Å². The predicted molar refractivity (Wildman–Crippen MR) is 105 cm³/mol. The lowest BCUT2D eigenvalue weighted by Crippen LogP contribution is -2.48. The van der Waals surface area contributed by atoms with Gasteiger partial charge >= 0.3 is 17.9 Å². The average Bonchev–Trinajstić information content (AvgIpc) is 2.62. The summed E-state index contributed by atoms with van der Waals surface area (Å²) in [6.07, 6.45) is 4.38. The minimum Gasteiger partial charge on any atom is -0.480 e. The molecule has 5 N–H and O–H groups in total. The van der Waals surface area contributed by atoms with Gasteiger partial charge in [-0.1, -0.05) is 45.4 Å². The van der Waals surface area contributed by atoms with Gasteiger partial charge in [-0.3, -0.25) is 23.7 Å². The second-order valence-corrected chi connectivity index (χ2v) is 9.02. The van der Waals surface area contributed by atoms with Crippen LogP contribution < -0.4 is 5.32 Å². The summed E-state index contributed by atoms with van der Waals surface area (Å²) in [4.78, 5) is 46.2. The minimum atomic E-state index is -5.03. The molecular formula is C18H31NO10S. The molecule has 0 aliphatic carbocycles. The number of amides is 1. The fourth-order valence-electron chi connectivity index (χ4n) is 3.00. The van der Waals surface area contributed by atoms with Crippen LogP contribution in [0.15, 0.2) is 0 Å². The Morgan fingerprint density at radius 3 is 1.87 bits per heavy atom. The number of aliphatic carboxylic acids is 3. The lowest BCUT2D eigenvalue weighted by atomic mass is 9.74. The highest BCUT2D eigenvalue weighted by molar-refractivity contribution is 7.87. The Morgan fingerprint density at radius 2 is 1.43 bits per heavy atom. The summed E-state index contributed by atoms with van der Waals surface area (Å²) in [5.74, 6) is -7.16. The van der Waals surface area contributed by atoms with E-state index in [1.54, 1.807) is 0 Å². The molecule has 0 heterocycles. The predicted octanol–water partition coefficient (Wildman–Crippen LogP) is 1.38. The molecule has 0 radical (unpaired) electrons. The molecule has 0 aliphatic rings. The van der Waals surface area contributed by atoms with Crippen molar-refractivity contribution in [3.05, 3.63) is 0 Å². The molecule has 0 fully saturated rings. The third-order valence-corrected chi connectivity index (χ3v) is 6.25. The number of carbonyl (C=O) groups is 4. The molecule has 0 aromatic rings. The van der Waals surface area contributed by atoms with Crippen molar-refractivity contribution >= 4 is 33.9 Å². The molecule has 2 atom stereocenters. The number of carboxylic acids is 3. The van der Waals surface area contributed by atoms with Crippen LogP contribution in [-0.2, 0) is 29.3 Å². The summed E-state index contributed by atoms with van der Waals surface area (Å²) in [6, 6.07) is 0. The number of hydrogen-bond donors (Lipinski definition) is 5. The van der Waals surface area contributed by atoms with Crippen LogP contribution >= 0.6 is 0 Å². The maximum atomic E-state index is 12.0. The SMILES string of the molecule is CCCCCCCCC(CNC(=O)CC(C(=O)O)S(=O)(=O)O)C(C)(C(=O)O)C(=O)O. The van der Waals surface area contributed by atoms with E-state index in [2.05, 4.69) is 12.2 Å². The van der Waals surface area contributed by atoms with E-state index in [4.69, 9.17) is 9.66 Å². The van der Waals surface area contributed by atoms with Crippen molar-refractivity contribution in [1.82, 2.24) is 5.32 Å². The molecule has 174 valence electrons. The Bertz CT molecular complexity index is 704. The van der Waals surface area contributed by atoms with Crippen LogP contribution in [0.3, 0.4) is 0 Å². The first-order valence-electron chi connectivity index (χ1n) is 9.71. The van der Waals surface area contributed by atoms with Crippen LogP contribution in [0, 0.1) is 11.3 Å². The highest BCUT2D eigenvalue weighted by atomic mass is 32.2. The maximum absolute atomic E-state index is 12.0. The van der Waals surface area contributed by atoms with Crippen molar-refractivity contribution in [2.24, 2.45) is 11.3 Å². The van der Waals surface area contributed by atoms with E-state index in [1.165, 1.54) is 0 Å². The largest absolute Gasteiger partial charge is 0.480 e. The van der Waals surface area contributed by atoms with Crippen LogP contribution in [0.5, 0.6) is 0 Å². The number of unbranched alkanes of at least 4 members (excludes halogenated alkanes) is 5. The monoisotopic (exact) mass is 453 g/mol. The average molecular weight is 454 g/mol. The Morgan fingerprint density at radius 1 is 0.933 bits per heavy atom. The lowest BCUT2D eigenvalue weighted by molar-refractivity contribution is -0.168. The fourth-order valence-corrected chi connectivity index (χ4v) is 3.62. The van der Waals surface area contributed by atoms with Gasteiger partial charge in [0.05, 0.1) is 6.42 Å². The Kier molecular flexibility index (Phi) is 11.6. The second kappa shape index (κ2) is 12.5. The van der Waals surface area contributed by atoms with E-state index >= 15 is 0 Å². The summed E-state index contributed by atoms with van der Waals surface area (Å²) >= 11 is 0. The summed E-state index contributed by atoms with van der Waals surface area (Å²) in [5, 5.41) is 27.6. The molecule has 0 aromatic heterocycles. The highest BCUT2D eigenvalue weighted by Gasteiger charge is 2.48. The van der Waals surface area contributed by atoms with Gasteiger partial charge in [0.15, 0.2) is 10.7 Å². The molecule has 0 saturated heterocycles. The topological polar surface area (TPSA) is 195 Å². The van der Waals surface area contributed by atoms with E-state index in [0.29, 0.717) is 6.42 Å². The molecule has 30 heavy (non-hydrogen) atoms. The maximum Gasteiger partial charge on any atom is 0.324 e. The van der Waals surface area contributed by atoms with Crippen LogP contribution in [0.4, 0.5) is 0 Å². The fraction of sp³-hybridized carbons (Fsp3) is 0.778. The van der Waals surface area contributed by atoms with Crippen molar-refractivity contribution < 1.29 is 47.5 Å². The number of nitrogens with one attached hydrogen (secondary N) is 1. The molecular weight excluding hydrogens is 422 g/mol. The molecule has 0 aromatic carbocycles. The highest BCUT2D eigenvalue weighted by Crippen LogP contribution is 2.32. The molecule has 0 saturated carbocycles. The van der Waals surface area contributed by atoms with Crippen LogP contribution in [0.25, 0.3) is 0 Å². The molecule has 0 spiro atoms. The summed E-state index contributed by atoms with van der Waals surface area (Å²) in [6.45, 7) is 2.69. The molecule has 11 nitrogen and oxygen atoms in total. The van der Waals surface area contributed by atoms with Gasteiger partial charge in [-0.25, -0.2) is 0 Å². The first kappa shape index (κ1) is 27.8. The van der Waals surface area contributed by atoms with E-state index in [9.17, 15) is 37.8 Å². The van der Waals surface area contributed by atoms with E-state index in [1.807, 2.05) is 0 Å². The van der Waals surface area contributed by atoms with Crippen molar-refractivity contribution in [3.63, 3.8) is 0 Å². The summed E-state index contributed by atoms with van der Waals surface area (Å²) < 4.78 is 31.1. The standard InChI is InChI=1S/C18H31NO10S/c1-3-4-5-6-7-8-9-12(18(2,16(23)24)17(25)26)11-19-14(20)10-13(15(21)22)30(27,28)29/h12-13H,3-11H2,1-2H3,(H,19,20)(H,21,22)(H,23,24)(H,25,26)(H,27,28,29). The number of carbonyl (C=O) groups excluding carboxylic acids is 1. The molecule has 1 amide bonds. The number of hydrogen-bond acceptors (Lipinski definition) is 6. The number of rotatable bonds is 16. The smallest absolute Gasteiger partial charge is 0.324 e. The summed E-state index contributed by atoms with van der Waals surface area (Å²) in [5.41, 5.74) is -2.20. The Hall–Kier alpha value is -2.21. The molecule has 12 heteroatoms. The minimum absolute atomic E-state index is 0.183. The van der Waals surface area contributed by atoms with Crippen LogP contribution in [0.1, 0.15) is 65.2 Å². The van der Waals surface area contributed by atoms with Crippen LogP contribution in [0.2, 0.25) is 0 Å². The van der Waals surface area contributed by atoms with Crippen LogP contribution in [-0.4, -0.2) is 63.9 Å². The van der Waals surface area contributed by atoms with E-state index in [0.717, 1.165) is 39.0 Å². The van der Waals surface area contributed by atoms with Crippen molar-refractivity contribution in [2.45, 2.75) is 70.5 Å². The van der Waals surface area contributed by atoms with Gasteiger partial charge in [0.2, 0.25) is 5.91 Å². The Labute approximate surface area is 175 Å². The molecule has 0 bridgehead atoms. The number of carboxylic acid groups (broad SMARTS) is 3. The third-order valence-electron chi connectivity index (χ3n) is 5.16. The van der Waals surface area contributed by atoms with Gasteiger partial charge in [0, 0.05) is 12.5 Å². The van der Waals surface area contributed by atoms with Gasteiger partial charge in [-0.2, -0.15) is 8.42 Å². The molecule has 0 aliphatic heterocycles. The van der Waals surface area contributed by atoms with Crippen molar-refractivity contribution in [2.75, 3.05) is 6.54 Å². The van der Waals surface area contributed by atoms with Crippen molar-refractivity contribution in [3.8, 4) is 0 Å². The van der Waals surface area contributed by atoms with Gasteiger partial charge in [-0.05, 0) is 13.3 Å². The third kappa shape index (κ3) is 8.66. The van der Waals surface area contributed by atoms with Gasteiger partial charge in [0.1, 0.15) is 0 Å². The van der Waals surface area contributed by atoms with Gasteiger partial charge < -0.3 is 20.6 Å². The van der Waals surface area contributed by atoms with Gasteiger partial charge in [0.25, 0.3) is 10.1 Å². The first-order chi connectivity index (χ1) is 13.8. The first-order valence-corrected chi connectivity index (χ1v) is 11.2. The normalized spacial score (nSPS) is 14.0. The molecule has 2 unspecified atom stereocenters. The second-order valence-electron chi connectivity index (χ2n) is 7.42. The zero-order chi connectivity index (χ0) is 23.5. The lowest BCUT2D eigenvalue weighted by Gasteiger charge is -2.30. The van der Waals surface area contributed by atoms with Gasteiger partial charge in [-0.15, -0.1) is 0 Å². The summed E-state index contributed by atoms with van der Waals surface area (Å²) in [7, 11) is -5.03. The zero-order valence-corrected chi connectivity index (χ0v) is 18.0. The Balaban J connectivity index is 5.20. The molecule has 0 rings (SSSR count). The quantitative estimate of drug-likeness (QED) is 0.129.